The zero-order valence-corrected chi connectivity index (χ0v) is 22.9. The van der Waals surface area contributed by atoms with Crippen LogP contribution in [-0.4, -0.2) is 71.4 Å². The van der Waals surface area contributed by atoms with Crippen LogP contribution in [0.1, 0.15) is 26.3 Å². The van der Waals surface area contributed by atoms with E-state index in [0.717, 1.165) is 0 Å². The Morgan fingerprint density at radius 3 is 1.95 bits per heavy atom. The van der Waals surface area contributed by atoms with Crippen LogP contribution in [0.5, 0.6) is 28.7 Å². The Hall–Kier alpha value is -4.38. The SMILES string of the molecule is COc1cc(C(=O)C(CO)Oc2c(OC)cc(C=CC(OC)OC)cc2OC)ccc1OC(=O)c1ccccc1. The molecule has 0 saturated heterocycles. The molecule has 0 bridgehead atoms. The molecule has 10 nitrogen and oxygen atoms in total. The van der Waals surface area contributed by atoms with Gasteiger partial charge in [0.2, 0.25) is 11.5 Å². The number of benzene rings is 3. The number of methoxy groups -OCH3 is 5. The fraction of sp³-hybridized carbons (Fsp3) is 0.267. The predicted molar refractivity (Wildman–Crippen MR) is 147 cm³/mol. The van der Waals surface area contributed by atoms with Crippen LogP contribution in [0.2, 0.25) is 0 Å². The van der Waals surface area contributed by atoms with Crippen molar-refractivity contribution in [2.75, 3.05) is 42.2 Å². The van der Waals surface area contributed by atoms with Crippen LogP contribution in [0.15, 0.2) is 66.7 Å². The Bertz CT molecular complexity index is 1290. The molecule has 3 aromatic carbocycles. The van der Waals surface area contributed by atoms with Gasteiger partial charge in [0.1, 0.15) is 0 Å². The molecule has 1 unspecified atom stereocenters. The van der Waals surface area contributed by atoms with Crippen LogP contribution in [0.25, 0.3) is 6.08 Å². The molecule has 0 fully saturated rings. The van der Waals surface area contributed by atoms with Gasteiger partial charge in [-0.25, -0.2) is 4.79 Å². The van der Waals surface area contributed by atoms with Crippen molar-refractivity contribution in [1.29, 1.82) is 0 Å². The third-order valence-electron chi connectivity index (χ3n) is 5.77. The summed E-state index contributed by atoms with van der Waals surface area (Å²) >= 11 is 0. The summed E-state index contributed by atoms with van der Waals surface area (Å²) in [7, 11) is 7.31. The summed E-state index contributed by atoms with van der Waals surface area (Å²) in [5.41, 5.74) is 1.22. The van der Waals surface area contributed by atoms with E-state index in [9.17, 15) is 14.7 Å². The number of hydrogen-bond acceptors (Lipinski definition) is 10. The standard InChI is InChI=1S/C30H32O10/c1-34-23-17-21(12-13-22(23)40-30(33)20-9-7-6-8-10-20)28(32)26(18-31)39-29-24(35-2)15-19(16-25(29)36-3)11-14-27(37-4)38-5/h6-17,26-27,31H,18H2,1-5H3. The summed E-state index contributed by atoms with van der Waals surface area (Å²) < 4.78 is 38.0. The highest BCUT2D eigenvalue weighted by molar-refractivity contribution is 6.00. The fourth-order valence-corrected chi connectivity index (χ4v) is 3.70. The van der Waals surface area contributed by atoms with Gasteiger partial charge in [-0.1, -0.05) is 24.3 Å². The molecule has 1 N–H and O–H groups in total. The molecule has 1 atom stereocenters. The molecule has 0 spiro atoms. The maximum Gasteiger partial charge on any atom is 0.343 e. The molecule has 0 amide bonds. The topological polar surface area (TPSA) is 119 Å². The average Bonchev–Trinajstić information content (AvgIpc) is 3.00. The molecule has 3 rings (SSSR count). The number of aliphatic hydroxyl groups is 1. The lowest BCUT2D eigenvalue weighted by molar-refractivity contribution is -0.0660. The number of ether oxygens (including phenoxy) is 7. The highest BCUT2D eigenvalue weighted by Crippen LogP contribution is 2.40. The van der Waals surface area contributed by atoms with Gasteiger partial charge in [0.25, 0.3) is 0 Å². The number of carbonyl (C=O) groups excluding carboxylic acids is 2. The maximum atomic E-state index is 13.3. The summed E-state index contributed by atoms with van der Waals surface area (Å²) in [6.45, 7) is -0.636. The van der Waals surface area contributed by atoms with Gasteiger partial charge in [0, 0.05) is 19.8 Å². The van der Waals surface area contributed by atoms with E-state index in [1.54, 1.807) is 54.6 Å². The molecule has 0 aliphatic heterocycles. The third kappa shape index (κ3) is 7.38. The summed E-state index contributed by atoms with van der Waals surface area (Å²) in [4.78, 5) is 25.8. The quantitative estimate of drug-likeness (QED) is 0.135. The zero-order chi connectivity index (χ0) is 29.1. The minimum atomic E-state index is -1.31. The molecule has 0 radical (unpaired) electrons. The maximum absolute atomic E-state index is 13.3. The molecular formula is C30H32O10. The molecule has 0 saturated carbocycles. The van der Waals surface area contributed by atoms with Crippen molar-refractivity contribution in [3.63, 3.8) is 0 Å². The van der Waals surface area contributed by atoms with Gasteiger partial charge in [-0.05, 0) is 54.1 Å². The first-order valence-electron chi connectivity index (χ1n) is 12.2. The van der Waals surface area contributed by atoms with Crippen molar-refractivity contribution < 1.29 is 47.9 Å². The first-order chi connectivity index (χ1) is 19.4. The Balaban J connectivity index is 1.85. The number of Topliss-reactive ketones (excluding diaryl/α,β-unsaturated/α-hetero) is 1. The first-order valence-corrected chi connectivity index (χ1v) is 12.2. The van der Waals surface area contributed by atoms with E-state index in [4.69, 9.17) is 33.2 Å². The van der Waals surface area contributed by atoms with E-state index < -0.39 is 30.8 Å². The fourth-order valence-electron chi connectivity index (χ4n) is 3.70. The predicted octanol–water partition coefficient (Wildman–Crippen LogP) is 4.19. The monoisotopic (exact) mass is 552 g/mol. The van der Waals surface area contributed by atoms with Crippen LogP contribution in [0, 0.1) is 0 Å². The van der Waals surface area contributed by atoms with Crippen molar-refractivity contribution in [3.8, 4) is 28.7 Å². The summed E-state index contributed by atoms with van der Waals surface area (Å²) in [6.07, 6.45) is 1.59. The van der Waals surface area contributed by atoms with E-state index in [1.807, 2.05) is 0 Å². The number of rotatable bonds is 14. The van der Waals surface area contributed by atoms with E-state index in [0.29, 0.717) is 11.1 Å². The molecule has 0 aromatic heterocycles. The van der Waals surface area contributed by atoms with Gasteiger partial charge in [0.15, 0.2) is 35.4 Å². The Morgan fingerprint density at radius 2 is 1.40 bits per heavy atom. The minimum Gasteiger partial charge on any atom is -0.493 e. The van der Waals surface area contributed by atoms with Gasteiger partial charge < -0.3 is 38.3 Å². The van der Waals surface area contributed by atoms with Crippen molar-refractivity contribution in [3.05, 3.63) is 83.4 Å². The lowest BCUT2D eigenvalue weighted by Crippen LogP contribution is -2.31. The summed E-state index contributed by atoms with van der Waals surface area (Å²) in [6, 6.07) is 16.1. The first kappa shape index (κ1) is 30.2. The van der Waals surface area contributed by atoms with Crippen molar-refractivity contribution in [2.24, 2.45) is 0 Å². The minimum absolute atomic E-state index is 0.130. The van der Waals surface area contributed by atoms with Crippen LogP contribution in [0.4, 0.5) is 0 Å². The zero-order valence-electron chi connectivity index (χ0n) is 22.9. The van der Waals surface area contributed by atoms with E-state index >= 15 is 0 Å². The number of esters is 1. The number of carbonyl (C=O) groups is 2. The smallest absolute Gasteiger partial charge is 0.343 e. The average molecular weight is 553 g/mol. The second-order valence-corrected chi connectivity index (χ2v) is 8.23. The van der Waals surface area contributed by atoms with Gasteiger partial charge in [-0.2, -0.15) is 0 Å². The second kappa shape index (κ2) is 14.7. The van der Waals surface area contributed by atoms with Gasteiger partial charge >= 0.3 is 5.97 Å². The van der Waals surface area contributed by atoms with Crippen LogP contribution >= 0.6 is 0 Å². The second-order valence-electron chi connectivity index (χ2n) is 8.23. The van der Waals surface area contributed by atoms with E-state index in [2.05, 4.69) is 0 Å². The number of ketones is 1. The molecule has 212 valence electrons. The molecule has 10 heteroatoms. The third-order valence-corrected chi connectivity index (χ3v) is 5.77. The molecular weight excluding hydrogens is 520 g/mol. The normalized spacial score (nSPS) is 11.8. The lowest BCUT2D eigenvalue weighted by atomic mass is 10.1. The van der Waals surface area contributed by atoms with Crippen molar-refractivity contribution >= 4 is 17.8 Å². The summed E-state index contributed by atoms with van der Waals surface area (Å²) in [5.74, 6) is -0.154. The highest BCUT2D eigenvalue weighted by atomic mass is 16.7. The van der Waals surface area contributed by atoms with Crippen molar-refractivity contribution in [2.45, 2.75) is 12.4 Å². The Morgan fingerprint density at radius 1 is 0.775 bits per heavy atom. The number of aliphatic hydroxyl groups excluding tert-OH is 1. The van der Waals surface area contributed by atoms with Crippen molar-refractivity contribution in [1.82, 2.24) is 0 Å². The highest BCUT2D eigenvalue weighted by Gasteiger charge is 2.26. The van der Waals surface area contributed by atoms with Gasteiger partial charge in [0.05, 0.1) is 33.5 Å². The summed E-state index contributed by atoms with van der Waals surface area (Å²) in [5, 5.41) is 10.1. The largest absolute Gasteiger partial charge is 0.493 e. The van der Waals surface area contributed by atoms with Crippen LogP contribution in [0.3, 0.4) is 0 Å². The van der Waals surface area contributed by atoms with Crippen LogP contribution < -0.4 is 23.7 Å². The molecule has 40 heavy (non-hydrogen) atoms. The van der Waals surface area contributed by atoms with E-state index in [1.165, 1.54) is 53.7 Å². The van der Waals surface area contributed by atoms with Gasteiger partial charge in [-0.15, -0.1) is 0 Å². The molecule has 0 aliphatic rings. The lowest BCUT2D eigenvalue weighted by Gasteiger charge is -2.21. The van der Waals surface area contributed by atoms with Gasteiger partial charge in [-0.3, -0.25) is 4.79 Å². The Labute approximate surface area is 232 Å². The molecule has 3 aromatic rings. The molecule has 0 heterocycles. The number of hydrogen-bond donors (Lipinski definition) is 1. The van der Waals surface area contributed by atoms with E-state index in [-0.39, 0.29) is 34.3 Å². The molecule has 0 aliphatic carbocycles. The van der Waals surface area contributed by atoms with Crippen LogP contribution in [-0.2, 0) is 9.47 Å². The Kier molecular flexibility index (Phi) is 11.1.